The number of carbonyl (C=O) groups excluding carboxylic acids is 1. The highest BCUT2D eigenvalue weighted by Gasteiger charge is 2.14. The number of rotatable bonds is 5. The van der Waals surface area contributed by atoms with Crippen LogP contribution in [0.5, 0.6) is 0 Å². The van der Waals surface area contributed by atoms with Gasteiger partial charge < -0.3 is 5.73 Å². The Kier molecular flexibility index (Phi) is 4.58. The molecule has 2 aromatic rings. The minimum Gasteiger partial charge on any atom is -0.320 e. The van der Waals surface area contributed by atoms with E-state index in [9.17, 15) is 4.79 Å². The summed E-state index contributed by atoms with van der Waals surface area (Å²) >= 11 is 0. The van der Waals surface area contributed by atoms with Crippen LogP contribution in [0.1, 0.15) is 12.0 Å². The standard InChI is InChI=1S/C14H16N4O/c15-12(8-7-11-5-2-1-3-6-11)13(19)18-14-16-9-4-10-17-14/h1-6,9-10,12H,7-8,15H2,(H,16,17,18,19). The van der Waals surface area contributed by atoms with Crippen LogP contribution >= 0.6 is 0 Å². The summed E-state index contributed by atoms with van der Waals surface area (Å²) in [5, 5.41) is 2.59. The van der Waals surface area contributed by atoms with Crippen molar-refractivity contribution in [1.29, 1.82) is 0 Å². The molecule has 0 aliphatic heterocycles. The first kappa shape index (κ1) is 13.2. The molecular formula is C14H16N4O. The van der Waals surface area contributed by atoms with Crippen molar-refractivity contribution in [3.05, 3.63) is 54.4 Å². The number of aromatic nitrogens is 2. The third-order valence-electron chi connectivity index (χ3n) is 2.72. The lowest BCUT2D eigenvalue weighted by Gasteiger charge is -2.11. The molecule has 0 radical (unpaired) electrons. The van der Waals surface area contributed by atoms with Crippen molar-refractivity contribution >= 4 is 11.9 Å². The van der Waals surface area contributed by atoms with E-state index in [0.717, 1.165) is 6.42 Å². The fourth-order valence-corrected chi connectivity index (χ4v) is 1.66. The third-order valence-corrected chi connectivity index (χ3v) is 2.72. The number of hydrogen-bond donors (Lipinski definition) is 2. The van der Waals surface area contributed by atoms with Gasteiger partial charge in [0.1, 0.15) is 0 Å². The van der Waals surface area contributed by atoms with Crippen LogP contribution in [0.2, 0.25) is 0 Å². The van der Waals surface area contributed by atoms with Gasteiger partial charge >= 0.3 is 0 Å². The first-order valence-corrected chi connectivity index (χ1v) is 6.13. The molecule has 0 spiro atoms. The average Bonchev–Trinajstić information content (AvgIpc) is 2.47. The monoisotopic (exact) mass is 256 g/mol. The molecule has 1 amide bonds. The molecule has 0 aliphatic rings. The summed E-state index contributed by atoms with van der Waals surface area (Å²) < 4.78 is 0. The predicted octanol–water partition coefficient (Wildman–Crippen LogP) is 1.38. The smallest absolute Gasteiger partial charge is 0.243 e. The molecule has 1 unspecified atom stereocenters. The van der Waals surface area contributed by atoms with Gasteiger partial charge in [-0.25, -0.2) is 9.97 Å². The van der Waals surface area contributed by atoms with E-state index >= 15 is 0 Å². The molecule has 5 nitrogen and oxygen atoms in total. The summed E-state index contributed by atoms with van der Waals surface area (Å²) in [6.07, 6.45) is 4.49. The number of amides is 1. The van der Waals surface area contributed by atoms with Crippen molar-refractivity contribution in [2.45, 2.75) is 18.9 Å². The second kappa shape index (κ2) is 6.61. The summed E-state index contributed by atoms with van der Waals surface area (Å²) in [7, 11) is 0. The van der Waals surface area contributed by atoms with E-state index in [1.807, 2.05) is 30.3 Å². The predicted molar refractivity (Wildman–Crippen MR) is 73.4 cm³/mol. The van der Waals surface area contributed by atoms with Crippen molar-refractivity contribution in [3.63, 3.8) is 0 Å². The Morgan fingerprint density at radius 1 is 1.16 bits per heavy atom. The van der Waals surface area contributed by atoms with Crippen LogP contribution in [0, 0.1) is 0 Å². The molecule has 1 aromatic heterocycles. The largest absolute Gasteiger partial charge is 0.320 e. The number of carbonyl (C=O) groups is 1. The van der Waals surface area contributed by atoms with Crippen molar-refractivity contribution in [2.24, 2.45) is 5.73 Å². The fraction of sp³-hybridized carbons (Fsp3) is 0.214. The minimum atomic E-state index is -0.566. The van der Waals surface area contributed by atoms with Crippen LogP contribution in [0.25, 0.3) is 0 Å². The number of hydrogen-bond acceptors (Lipinski definition) is 4. The Hall–Kier alpha value is -2.27. The Bertz CT molecular complexity index is 515. The van der Waals surface area contributed by atoms with Crippen molar-refractivity contribution in [2.75, 3.05) is 5.32 Å². The Morgan fingerprint density at radius 3 is 2.53 bits per heavy atom. The lowest BCUT2D eigenvalue weighted by Crippen LogP contribution is -2.36. The lowest BCUT2D eigenvalue weighted by atomic mass is 10.1. The highest BCUT2D eigenvalue weighted by atomic mass is 16.2. The van der Waals surface area contributed by atoms with Gasteiger partial charge in [-0.2, -0.15) is 0 Å². The SMILES string of the molecule is NC(CCc1ccccc1)C(=O)Nc1ncccn1. The molecule has 3 N–H and O–H groups in total. The van der Waals surface area contributed by atoms with E-state index in [-0.39, 0.29) is 11.9 Å². The number of nitrogens with two attached hydrogens (primary N) is 1. The molecule has 5 heteroatoms. The zero-order chi connectivity index (χ0) is 13.5. The minimum absolute atomic E-state index is 0.262. The molecular weight excluding hydrogens is 240 g/mol. The molecule has 98 valence electrons. The third kappa shape index (κ3) is 4.15. The van der Waals surface area contributed by atoms with Gasteiger partial charge in [0, 0.05) is 12.4 Å². The van der Waals surface area contributed by atoms with Gasteiger partial charge in [0.15, 0.2) is 0 Å². The van der Waals surface area contributed by atoms with Gasteiger partial charge in [-0.05, 0) is 24.5 Å². The van der Waals surface area contributed by atoms with Crippen LogP contribution in [0.4, 0.5) is 5.95 Å². The first-order chi connectivity index (χ1) is 9.25. The maximum absolute atomic E-state index is 11.8. The topological polar surface area (TPSA) is 80.9 Å². The molecule has 0 saturated carbocycles. The van der Waals surface area contributed by atoms with Gasteiger partial charge in [-0.1, -0.05) is 30.3 Å². The van der Waals surface area contributed by atoms with Crippen molar-refractivity contribution in [1.82, 2.24) is 9.97 Å². The first-order valence-electron chi connectivity index (χ1n) is 6.13. The van der Waals surface area contributed by atoms with E-state index in [4.69, 9.17) is 5.73 Å². The molecule has 0 bridgehead atoms. The number of nitrogens with one attached hydrogen (secondary N) is 1. The Labute approximate surface area is 111 Å². The summed E-state index contributed by atoms with van der Waals surface area (Å²) in [5.41, 5.74) is 7.01. The van der Waals surface area contributed by atoms with Crippen LogP contribution in [-0.2, 0) is 11.2 Å². The second-order valence-electron chi connectivity index (χ2n) is 4.19. The van der Waals surface area contributed by atoms with Gasteiger partial charge in [0.25, 0.3) is 0 Å². The number of benzene rings is 1. The molecule has 0 fully saturated rings. The van der Waals surface area contributed by atoms with Gasteiger partial charge in [-0.3, -0.25) is 10.1 Å². The fourth-order valence-electron chi connectivity index (χ4n) is 1.66. The molecule has 19 heavy (non-hydrogen) atoms. The van der Waals surface area contributed by atoms with E-state index < -0.39 is 6.04 Å². The summed E-state index contributed by atoms with van der Waals surface area (Å²) in [6, 6.07) is 11.1. The second-order valence-corrected chi connectivity index (χ2v) is 4.19. The van der Waals surface area contributed by atoms with E-state index in [1.165, 1.54) is 5.56 Å². The summed E-state index contributed by atoms with van der Waals surface area (Å²) in [6.45, 7) is 0. The van der Waals surface area contributed by atoms with Crippen LogP contribution < -0.4 is 11.1 Å². The van der Waals surface area contributed by atoms with E-state index in [1.54, 1.807) is 18.5 Å². The molecule has 1 atom stereocenters. The normalized spacial score (nSPS) is 11.8. The molecule has 1 heterocycles. The highest BCUT2D eigenvalue weighted by molar-refractivity contribution is 5.93. The van der Waals surface area contributed by atoms with E-state index in [0.29, 0.717) is 6.42 Å². The molecule has 0 aliphatic carbocycles. The Balaban J connectivity index is 1.83. The Morgan fingerprint density at radius 2 is 1.84 bits per heavy atom. The highest BCUT2D eigenvalue weighted by Crippen LogP contribution is 2.05. The van der Waals surface area contributed by atoms with E-state index in [2.05, 4.69) is 15.3 Å². The van der Waals surface area contributed by atoms with Crippen LogP contribution in [0.15, 0.2) is 48.8 Å². The maximum Gasteiger partial charge on any atom is 0.243 e. The van der Waals surface area contributed by atoms with Gasteiger partial charge in [-0.15, -0.1) is 0 Å². The number of nitrogens with zero attached hydrogens (tertiary/aromatic N) is 2. The molecule has 2 rings (SSSR count). The quantitative estimate of drug-likeness (QED) is 0.846. The van der Waals surface area contributed by atoms with Gasteiger partial charge in [0.2, 0.25) is 11.9 Å². The molecule has 1 aromatic carbocycles. The summed E-state index contributed by atoms with van der Waals surface area (Å²) in [5.74, 6) is 0.0183. The van der Waals surface area contributed by atoms with Crippen LogP contribution in [-0.4, -0.2) is 21.9 Å². The maximum atomic E-state index is 11.8. The average molecular weight is 256 g/mol. The summed E-state index contributed by atoms with van der Waals surface area (Å²) in [4.78, 5) is 19.7. The zero-order valence-corrected chi connectivity index (χ0v) is 10.5. The van der Waals surface area contributed by atoms with Crippen molar-refractivity contribution in [3.8, 4) is 0 Å². The number of aryl methyl sites for hydroxylation is 1. The van der Waals surface area contributed by atoms with Crippen LogP contribution in [0.3, 0.4) is 0 Å². The zero-order valence-electron chi connectivity index (χ0n) is 10.5. The number of anilines is 1. The lowest BCUT2D eigenvalue weighted by molar-refractivity contribution is -0.117. The van der Waals surface area contributed by atoms with Gasteiger partial charge in [0.05, 0.1) is 6.04 Å². The molecule has 0 saturated heterocycles. The van der Waals surface area contributed by atoms with Crippen molar-refractivity contribution < 1.29 is 4.79 Å².